The molecule has 0 radical (unpaired) electrons. The number of hydrogen-bond acceptors (Lipinski definition) is 3. The first kappa shape index (κ1) is 13.9. The van der Waals surface area contributed by atoms with Gasteiger partial charge in [0.05, 0.1) is 5.56 Å². The van der Waals surface area contributed by atoms with Crippen molar-refractivity contribution in [2.75, 3.05) is 0 Å². The van der Waals surface area contributed by atoms with Crippen LogP contribution < -0.4 is 0 Å². The Morgan fingerprint density at radius 2 is 1.75 bits per heavy atom. The van der Waals surface area contributed by atoms with Crippen molar-refractivity contribution in [3.05, 3.63) is 65.2 Å². The number of carbonyl (C=O) groups is 1. The molecule has 20 heavy (non-hydrogen) atoms. The van der Waals surface area contributed by atoms with E-state index in [4.69, 9.17) is 0 Å². The molecular weight excluding hydrogens is 252 g/mol. The zero-order valence-corrected chi connectivity index (χ0v) is 11.2. The minimum Gasteiger partial charge on any atom is -0.504 e. The summed E-state index contributed by atoms with van der Waals surface area (Å²) in [5.41, 5.74) is 1.63. The second kappa shape index (κ2) is 6.06. The minimum absolute atomic E-state index is 0.119. The van der Waals surface area contributed by atoms with Crippen LogP contribution >= 0.6 is 0 Å². The first-order chi connectivity index (χ1) is 9.63. The number of ketones is 1. The van der Waals surface area contributed by atoms with Crippen LogP contribution in [0.4, 0.5) is 0 Å². The lowest BCUT2D eigenvalue weighted by Crippen LogP contribution is -2.03. The van der Waals surface area contributed by atoms with Gasteiger partial charge >= 0.3 is 0 Å². The molecule has 2 aromatic rings. The summed E-state index contributed by atoms with van der Waals surface area (Å²) in [6.45, 7) is 1.88. The second-order valence-electron chi connectivity index (χ2n) is 4.44. The van der Waals surface area contributed by atoms with Crippen molar-refractivity contribution in [2.24, 2.45) is 0 Å². The molecule has 0 heterocycles. The molecule has 2 aromatic carbocycles. The van der Waals surface area contributed by atoms with Crippen LogP contribution in [-0.4, -0.2) is 16.0 Å². The van der Waals surface area contributed by atoms with Gasteiger partial charge in [-0.15, -0.1) is 0 Å². The summed E-state index contributed by atoms with van der Waals surface area (Å²) in [4.78, 5) is 12.4. The monoisotopic (exact) mass is 268 g/mol. The second-order valence-corrected chi connectivity index (χ2v) is 4.44. The summed E-state index contributed by atoms with van der Waals surface area (Å²) in [5.74, 6) is -0.930. The van der Waals surface area contributed by atoms with Crippen LogP contribution in [0.2, 0.25) is 0 Å². The summed E-state index contributed by atoms with van der Waals surface area (Å²) in [6.07, 6.45) is 2.34. The Balaban J connectivity index is 2.40. The van der Waals surface area contributed by atoms with E-state index in [0.29, 0.717) is 12.0 Å². The standard InChI is InChI=1S/C17H16O3/c1-2-13(11-12-7-4-3-5-8-12)16(19)14-9-6-10-15(18)17(14)20/h3-11,18,20H,2H2,1H3. The molecule has 0 aliphatic carbocycles. The molecule has 0 aliphatic rings. The number of hydrogen-bond donors (Lipinski definition) is 2. The number of benzene rings is 2. The Morgan fingerprint density at radius 3 is 2.40 bits per heavy atom. The predicted octanol–water partition coefficient (Wildman–Crippen LogP) is 3.77. The first-order valence-corrected chi connectivity index (χ1v) is 6.44. The molecule has 0 spiro atoms. The van der Waals surface area contributed by atoms with Crippen molar-refractivity contribution in [1.82, 2.24) is 0 Å². The van der Waals surface area contributed by atoms with Crippen LogP contribution in [0.5, 0.6) is 11.5 Å². The number of phenols is 2. The predicted molar refractivity (Wildman–Crippen MR) is 78.8 cm³/mol. The van der Waals surface area contributed by atoms with E-state index in [2.05, 4.69) is 0 Å². The molecule has 0 unspecified atom stereocenters. The molecule has 3 heteroatoms. The van der Waals surface area contributed by atoms with Gasteiger partial charge in [0.25, 0.3) is 0 Å². The molecule has 0 saturated carbocycles. The Morgan fingerprint density at radius 1 is 1.05 bits per heavy atom. The molecule has 0 aliphatic heterocycles. The lowest BCUT2D eigenvalue weighted by molar-refractivity contribution is 0.102. The zero-order chi connectivity index (χ0) is 14.5. The number of carbonyl (C=O) groups excluding carboxylic acids is 1. The summed E-state index contributed by atoms with van der Waals surface area (Å²) >= 11 is 0. The fourth-order valence-corrected chi connectivity index (χ4v) is 1.97. The van der Waals surface area contributed by atoms with Gasteiger partial charge in [0, 0.05) is 5.57 Å². The van der Waals surface area contributed by atoms with E-state index < -0.39 is 0 Å². The third-order valence-electron chi connectivity index (χ3n) is 3.07. The van der Waals surface area contributed by atoms with Crippen LogP contribution in [-0.2, 0) is 0 Å². The highest BCUT2D eigenvalue weighted by atomic mass is 16.3. The quantitative estimate of drug-likeness (QED) is 0.504. The molecule has 0 amide bonds. The van der Waals surface area contributed by atoms with Gasteiger partial charge in [0.15, 0.2) is 17.3 Å². The Hall–Kier alpha value is -2.55. The molecule has 0 fully saturated rings. The third-order valence-corrected chi connectivity index (χ3v) is 3.07. The van der Waals surface area contributed by atoms with Gasteiger partial charge in [-0.05, 0) is 30.2 Å². The highest BCUT2D eigenvalue weighted by Gasteiger charge is 2.16. The van der Waals surface area contributed by atoms with Gasteiger partial charge in [-0.2, -0.15) is 0 Å². The molecule has 0 bridgehead atoms. The third kappa shape index (κ3) is 2.88. The average Bonchev–Trinajstić information content (AvgIpc) is 2.48. The lowest BCUT2D eigenvalue weighted by atomic mass is 9.98. The van der Waals surface area contributed by atoms with Crippen molar-refractivity contribution in [1.29, 1.82) is 0 Å². The Labute approximate surface area is 117 Å². The maximum Gasteiger partial charge on any atom is 0.192 e. The fraction of sp³-hybridized carbons (Fsp3) is 0.118. The highest BCUT2D eigenvalue weighted by Crippen LogP contribution is 2.30. The highest BCUT2D eigenvalue weighted by molar-refractivity contribution is 6.13. The number of phenolic OH excluding ortho intramolecular Hbond substituents is 2. The van der Waals surface area contributed by atoms with Crippen LogP contribution in [0, 0.1) is 0 Å². The molecule has 0 aromatic heterocycles. The van der Waals surface area contributed by atoms with Gasteiger partial charge < -0.3 is 10.2 Å². The molecule has 3 nitrogen and oxygen atoms in total. The average molecular weight is 268 g/mol. The molecule has 2 rings (SSSR count). The van der Waals surface area contributed by atoms with Crippen molar-refractivity contribution < 1.29 is 15.0 Å². The van der Waals surface area contributed by atoms with E-state index >= 15 is 0 Å². The van der Waals surface area contributed by atoms with Crippen molar-refractivity contribution in [3.8, 4) is 11.5 Å². The topological polar surface area (TPSA) is 57.5 Å². The Kier molecular flexibility index (Phi) is 4.20. The van der Waals surface area contributed by atoms with Crippen molar-refractivity contribution in [2.45, 2.75) is 13.3 Å². The van der Waals surface area contributed by atoms with Crippen LogP contribution in [0.15, 0.2) is 54.1 Å². The number of para-hydroxylation sites is 1. The van der Waals surface area contributed by atoms with Crippen LogP contribution in [0.25, 0.3) is 6.08 Å². The van der Waals surface area contributed by atoms with E-state index in [1.165, 1.54) is 18.2 Å². The zero-order valence-electron chi connectivity index (χ0n) is 11.2. The number of Topliss-reactive ketones (excluding diaryl/α,β-unsaturated/α-hetero) is 1. The smallest absolute Gasteiger partial charge is 0.192 e. The number of allylic oxidation sites excluding steroid dienone is 1. The lowest BCUT2D eigenvalue weighted by Gasteiger charge is -2.07. The van der Waals surface area contributed by atoms with E-state index in [-0.39, 0.29) is 22.8 Å². The maximum atomic E-state index is 12.4. The van der Waals surface area contributed by atoms with Gasteiger partial charge in [-0.25, -0.2) is 0 Å². The van der Waals surface area contributed by atoms with Crippen molar-refractivity contribution >= 4 is 11.9 Å². The summed E-state index contributed by atoms with van der Waals surface area (Å²) in [6, 6.07) is 13.9. The molecule has 102 valence electrons. The fourth-order valence-electron chi connectivity index (χ4n) is 1.97. The molecule has 0 saturated heterocycles. The Bertz CT molecular complexity index is 643. The van der Waals surface area contributed by atoms with Crippen LogP contribution in [0.3, 0.4) is 0 Å². The molecule has 2 N–H and O–H groups in total. The largest absolute Gasteiger partial charge is 0.504 e. The van der Waals surface area contributed by atoms with Gasteiger partial charge in [-0.1, -0.05) is 43.3 Å². The number of rotatable bonds is 4. The SMILES string of the molecule is CCC(=Cc1ccccc1)C(=O)c1cccc(O)c1O. The van der Waals surface area contributed by atoms with Crippen LogP contribution in [0.1, 0.15) is 29.3 Å². The summed E-state index contributed by atoms with van der Waals surface area (Å²) in [5, 5.41) is 19.3. The molecule has 0 atom stereocenters. The maximum absolute atomic E-state index is 12.4. The van der Waals surface area contributed by atoms with E-state index in [0.717, 1.165) is 5.56 Å². The van der Waals surface area contributed by atoms with E-state index in [9.17, 15) is 15.0 Å². The summed E-state index contributed by atoms with van der Waals surface area (Å²) < 4.78 is 0. The minimum atomic E-state index is -0.370. The van der Waals surface area contributed by atoms with Gasteiger partial charge in [0.2, 0.25) is 0 Å². The molecular formula is C17H16O3. The van der Waals surface area contributed by atoms with Crippen molar-refractivity contribution in [3.63, 3.8) is 0 Å². The normalized spacial score (nSPS) is 11.3. The van der Waals surface area contributed by atoms with Gasteiger partial charge in [0.1, 0.15) is 0 Å². The van der Waals surface area contributed by atoms with E-state index in [1.54, 1.807) is 6.08 Å². The van der Waals surface area contributed by atoms with Gasteiger partial charge in [-0.3, -0.25) is 4.79 Å². The first-order valence-electron chi connectivity index (χ1n) is 6.44. The number of aromatic hydroxyl groups is 2. The summed E-state index contributed by atoms with van der Waals surface area (Å²) in [7, 11) is 0. The van der Waals surface area contributed by atoms with E-state index in [1.807, 2.05) is 37.3 Å².